The molecule has 1 aromatic heterocycles. The lowest BCUT2D eigenvalue weighted by molar-refractivity contribution is 0.301. The van der Waals surface area contributed by atoms with Gasteiger partial charge in [0.15, 0.2) is 0 Å². The van der Waals surface area contributed by atoms with Gasteiger partial charge >= 0.3 is 0 Å². The molecule has 1 heterocycles. The number of nitrogens with zero attached hydrogens (tertiary/aromatic N) is 2. The van der Waals surface area contributed by atoms with E-state index in [-0.39, 0.29) is 6.61 Å². The van der Waals surface area contributed by atoms with Crippen LogP contribution in [0.1, 0.15) is 5.69 Å². The average Bonchev–Trinajstić information content (AvgIpc) is 2.63. The van der Waals surface area contributed by atoms with Crippen LogP contribution in [-0.4, -0.2) is 9.59 Å². The first-order chi connectivity index (χ1) is 7.66. The highest BCUT2D eigenvalue weighted by Gasteiger charge is 2.08. The van der Waals surface area contributed by atoms with Gasteiger partial charge in [0, 0.05) is 16.0 Å². The molecule has 0 saturated carbocycles. The van der Waals surface area contributed by atoms with Crippen molar-refractivity contribution in [1.82, 2.24) is 9.59 Å². The van der Waals surface area contributed by atoms with Crippen LogP contribution >= 0.6 is 50.7 Å². The number of hydrogen-bond donors (Lipinski definition) is 0. The lowest BCUT2D eigenvalue weighted by atomic mass is 10.3. The van der Waals surface area contributed by atoms with Crippen LogP contribution in [0.25, 0.3) is 0 Å². The average molecular weight is 340 g/mol. The molecule has 2 aromatic rings. The fourth-order valence-electron chi connectivity index (χ4n) is 1.02. The van der Waals surface area contributed by atoms with Crippen molar-refractivity contribution < 1.29 is 4.74 Å². The predicted molar refractivity (Wildman–Crippen MR) is 68.4 cm³/mol. The molecule has 0 atom stereocenters. The largest absolute Gasteiger partial charge is 0.486 e. The summed E-state index contributed by atoms with van der Waals surface area (Å²) in [7, 11) is 0. The van der Waals surface area contributed by atoms with E-state index in [2.05, 4.69) is 25.5 Å². The highest BCUT2D eigenvalue weighted by molar-refractivity contribution is 9.10. The highest BCUT2D eigenvalue weighted by atomic mass is 79.9. The Morgan fingerprint density at radius 1 is 1.38 bits per heavy atom. The standard InChI is InChI=1S/C9H5BrCl2N2OS/c10-5-1-2-8(6(11)3-5)15-4-7-9(12)16-14-13-7/h1-3H,4H2. The van der Waals surface area contributed by atoms with Gasteiger partial charge in [0.25, 0.3) is 0 Å². The molecular formula is C9H5BrCl2N2OS. The molecule has 84 valence electrons. The van der Waals surface area contributed by atoms with E-state index in [9.17, 15) is 0 Å². The first kappa shape index (κ1) is 12.1. The molecule has 0 aliphatic rings. The van der Waals surface area contributed by atoms with Crippen molar-refractivity contribution in [2.45, 2.75) is 6.61 Å². The molecule has 0 aliphatic carbocycles. The molecule has 0 radical (unpaired) electrons. The summed E-state index contributed by atoms with van der Waals surface area (Å²) < 4.78 is 10.6. The second-order valence-electron chi connectivity index (χ2n) is 2.86. The molecule has 3 nitrogen and oxygen atoms in total. The molecule has 0 saturated heterocycles. The molecule has 7 heteroatoms. The Kier molecular flexibility index (Phi) is 4.02. The molecule has 0 fully saturated rings. The fourth-order valence-corrected chi connectivity index (χ4v) is 2.35. The van der Waals surface area contributed by atoms with Gasteiger partial charge in [-0.3, -0.25) is 0 Å². The molecule has 16 heavy (non-hydrogen) atoms. The van der Waals surface area contributed by atoms with Crippen LogP contribution in [0.3, 0.4) is 0 Å². The lowest BCUT2D eigenvalue weighted by Gasteiger charge is -2.06. The van der Waals surface area contributed by atoms with Crippen LogP contribution in [-0.2, 0) is 6.61 Å². The van der Waals surface area contributed by atoms with Gasteiger partial charge in [-0.2, -0.15) is 0 Å². The first-order valence-corrected chi connectivity index (χ1v) is 6.53. The smallest absolute Gasteiger partial charge is 0.141 e. The van der Waals surface area contributed by atoms with Crippen molar-refractivity contribution in [2.75, 3.05) is 0 Å². The van der Waals surface area contributed by atoms with E-state index in [1.807, 2.05) is 6.07 Å². The first-order valence-electron chi connectivity index (χ1n) is 4.21. The summed E-state index contributed by atoms with van der Waals surface area (Å²) in [6, 6.07) is 5.39. The second kappa shape index (κ2) is 5.31. The van der Waals surface area contributed by atoms with Crippen LogP contribution in [0.4, 0.5) is 0 Å². The Balaban J connectivity index is 2.08. The maximum atomic E-state index is 5.99. The summed E-state index contributed by atoms with van der Waals surface area (Å²) in [5.74, 6) is 0.592. The Morgan fingerprint density at radius 3 is 2.81 bits per heavy atom. The quantitative estimate of drug-likeness (QED) is 0.841. The maximum absolute atomic E-state index is 5.99. The van der Waals surface area contributed by atoms with E-state index >= 15 is 0 Å². The normalized spacial score (nSPS) is 10.4. The summed E-state index contributed by atoms with van der Waals surface area (Å²) in [6.07, 6.45) is 0. The monoisotopic (exact) mass is 338 g/mol. The van der Waals surface area contributed by atoms with Crippen molar-refractivity contribution in [3.05, 3.63) is 37.7 Å². The molecule has 1 aromatic carbocycles. The van der Waals surface area contributed by atoms with Gasteiger partial charge in [-0.05, 0) is 18.2 Å². The number of aromatic nitrogens is 2. The van der Waals surface area contributed by atoms with Crippen molar-refractivity contribution in [3.63, 3.8) is 0 Å². The van der Waals surface area contributed by atoms with E-state index in [1.54, 1.807) is 12.1 Å². The summed E-state index contributed by atoms with van der Waals surface area (Å²) in [6.45, 7) is 0.261. The zero-order valence-electron chi connectivity index (χ0n) is 7.78. The highest BCUT2D eigenvalue weighted by Crippen LogP contribution is 2.29. The van der Waals surface area contributed by atoms with Crippen molar-refractivity contribution in [3.8, 4) is 5.75 Å². The van der Waals surface area contributed by atoms with Crippen LogP contribution in [0.15, 0.2) is 22.7 Å². The van der Waals surface area contributed by atoms with Crippen molar-refractivity contribution in [2.24, 2.45) is 0 Å². The molecule has 0 unspecified atom stereocenters. The molecule has 0 N–H and O–H groups in total. The van der Waals surface area contributed by atoms with Crippen molar-refractivity contribution >= 4 is 50.7 Å². The summed E-state index contributed by atoms with van der Waals surface area (Å²) >= 11 is 16.3. The van der Waals surface area contributed by atoms with Crippen LogP contribution in [0.2, 0.25) is 9.36 Å². The lowest BCUT2D eigenvalue weighted by Crippen LogP contribution is -1.97. The predicted octanol–water partition coefficient (Wildman–Crippen LogP) is 4.19. The minimum Gasteiger partial charge on any atom is -0.486 e. The van der Waals surface area contributed by atoms with Crippen molar-refractivity contribution in [1.29, 1.82) is 0 Å². The Labute approximate surface area is 115 Å². The van der Waals surface area contributed by atoms with Gasteiger partial charge in [0.05, 0.1) is 5.02 Å². The fraction of sp³-hybridized carbons (Fsp3) is 0.111. The SMILES string of the molecule is Clc1cc(Br)ccc1OCc1nnsc1Cl. The summed E-state index contributed by atoms with van der Waals surface area (Å²) in [5, 5.41) is 4.37. The van der Waals surface area contributed by atoms with Gasteiger partial charge < -0.3 is 4.74 Å². The minimum absolute atomic E-state index is 0.261. The molecular weight excluding hydrogens is 335 g/mol. The van der Waals surface area contributed by atoms with Gasteiger partial charge in [-0.1, -0.05) is 43.6 Å². The van der Waals surface area contributed by atoms with Crippen LogP contribution < -0.4 is 4.74 Å². The third kappa shape index (κ3) is 2.85. The number of ether oxygens (including phenoxy) is 1. The molecule has 0 amide bonds. The van der Waals surface area contributed by atoms with Gasteiger partial charge in [-0.15, -0.1) is 5.10 Å². The Morgan fingerprint density at radius 2 is 2.19 bits per heavy atom. The minimum atomic E-state index is 0.261. The summed E-state index contributed by atoms with van der Waals surface area (Å²) in [4.78, 5) is 0. The molecule has 2 rings (SSSR count). The maximum Gasteiger partial charge on any atom is 0.141 e. The molecule has 0 aliphatic heterocycles. The molecule has 0 spiro atoms. The Hall–Kier alpha value is -0.360. The number of rotatable bonds is 3. The third-order valence-corrected chi connectivity index (χ3v) is 3.54. The number of hydrogen-bond acceptors (Lipinski definition) is 4. The topological polar surface area (TPSA) is 35.0 Å². The van der Waals surface area contributed by atoms with E-state index in [1.165, 1.54) is 0 Å². The van der Waals surface area contributed by atoms with Gasteiger partial charge in [0.1, 0.15) is 22.4 Å². The zero-order chi connectivity index (χ0) is 11.5. The van der Waals surface area contributed by atoms with E-state index in [4.69, 9.17) is 27.9 Å². The molecule has 0 bridgehead atoms. The Bertz CT molecular complexity index is 506. The van der Waals surface area contributed by atoms with Gasteiger partial charge in [-0.25, -0.2) is 0 Å². The van der Waals surface area contributed by atoms with Gasteiger partial charge in [0.2, 0.25) is 0 Å². The van der Waals surface area contributed by atoms with Crippen LogP contribution in [0.5, 0.6) is 5.75 Å². The second-order valence-corrected chi connectivity index (χ2v) is 5.54. The van der Waals surface area contributed by atoms with E-state index in [0.717, 1.165) is 16.0 Å². The van der Waals surface area contributed by atoms with E-state index < -0.39 is 0 Å². The van der Waals surface area contributed by atoms with E-state index in [0.29, 0.717) is 20.8 Å². The van der Waals surface area contributed by atoms with Crippen LogP contribution in [0, 0.1) is 0 Å². The summed E-state index contributed by atoms with van der Waals surface area (Å²) in [5.41, 5.74) is 0.616. The number of benzene rings is 1. The zero-order valence-corrected chi connectivity index (χ0v) is 11.7. The third-order valence-electron chi connectivity index (χ3n) is 1.77. The number of halogens is 3.